The minimum atomic E-state index is 0.410. The van der Waals surface area contributed by atoms with Crippen LogP contribution >= 0.6 is 0 Å². The molecule has 5 rings (SSSR count). The molecule has 5 heteroatoms. The zero-order valence-corrected chi connectivity index (χ0v) is 18.1. The van der Waals surface area contributed by atoms with Crippen LogP contribution in [0.15, 0.2) is 89.8 Å². The monoisotopic (exact) mass is 420 g/mol. The zero-order valence-electron chi connectivity index (χ0n) is 18.1. The Kier molecular flexibility index (Phi) is 5.38. The molecule has 0 amide bonds. The van der Waals surface area contributed by atoms with Gasteiger partial charge >= 0.3 is 0 Å². The van der Waals surface area contributed by atoms with Crippen molar-refractivity contribution < 1.29 is 4.42 Å². The van der Waals surface area contributed by atoms with Crippen molar-refractivity contribution in [3.8, 4) is 22.6 Å². The van der Waals surface area contributed by atoms with Crippen LogP contribution in [0.4, 0.5) is 5.69 Å². The summed E-state index contributed by atoms with van der Waals surface area (Å²) >= 11 is 0. The maximum absolute atomic E-state index is 5.73. The molecule has 0 unspecified atom stereocenters. The van der Waals surface area contributed by atoms with Crippen LogP contribution < -0.4 is 5.32 Å². The van der Waals surface area contributed by atoms with Crippen LogP contribution in [0.3, 0.4) is 0 Å². The molecule has 1 aromatic carbocycles. The molecule has 4 aromatic heterocycles. The summed E-state index contributed by atoms with van der Waals surface area (Å²) in [5, 5.41) is 3.52. The Hall–Kier alpha value is -3.99. The molecule has 1 N–H and O–H groups in total. The normalized spacial score (nSPS) is 11.2. The van der Waals surface area contributed by atoms with E-state index in [0.717, 1.165) is 45.0 Å². The first kappa shape index (κ1) is 19.9. The molecule has 32 heavy (non-hydrogen) atoms. The van der Waals surface area contributed by atoms with Crippen LogP contribution in [0.1, 0.15) is 30.9 Å². The summed E-state index contributed by atoms with van der Waals surface area (Å²) in [5.41, 5.74) is 8.69. The Morgan fingerprint density at radius 1 is 0.875 bits per heavy atom. The van der Waals surface area contributed by atoms with Gasteiger partial charge in [-0.05, 0) is 41.3 Å². The molecule has 158 valence electrons. The second kappa shape index (κ2) is 8.63. The number of hydrogen-bond acceptors (Lipinski definition) is 5. The van der Waals surface area contributed by atoms with Gasteiger partial charge in [0.15, 0.2) is 5.58 Å². The molecule has 0 saturated carbocycles. The number of furan rings is 1. The van der Waals surface area contributed by atoms with Gasteiger partial charge in [-0.3, -0.25) is 9.97 Å². The summed E-state index contributed by atoms with van der Waals surface area (Å²) in [7, 11) is 0. The van der Waals surface area contributed by atoms with Crippen molar-refractivity contribution in [2.24, 2.45) is 0 Å². The molecule has 5 nitrogen and oxygen atoms in total. The summed E-state index contributed by atoms with van der Waals surface area (Å²) in [4.78, 5) is 13.8. The average molecular weight is 421 g/mol. The third kappa shape index (κ3) is 3.97. The lowest BCUT2D eigenvalue weighted by Gasteiger charge is -2.14. The first-order valence-electron chi connectivity index (χ1n) is 10.8. The zero-order chi connectivity index (χ0) is 21.9. The SMILES string of the molecule is CC(C)c1ccccc1-c1cc(NCc2ccc(-c3ccccn3)nc2)c2occc2n1. The predicted octanol–water partition coefficient (Wildman–Crippen LogP) is 6.69. The van der Waals surface area contributed by atoms with Gasteiger partial charge in [-0.2, -0.15) is 0 Å². The molecule has 0 bridgehead atoms. The highest BCUT2D eigenvalue weighted by atomic mass is 16.3. The fourth-order valence-electron chi connectivity index (χ4n) is 3.85. The van der Waals surface area contributed by atoms with Crippen molar-refractivity contribution in [1.29, 1.82) is 0 Å². The number of hydrogen-bond donors (Lipinski definition) is 1. The van der Waals surface area contributed by atoms with Crippen LogP contribution in [0.5, 0.6) is 0 Å². The van der Waals surface area contributed by atoms with Crippen LogP contribution in [0.25, 0.3) is 33.7 Å². The molecule has 0 saturated heterocycles. The van der Waals surface area contributed by atoms with E-state index in [9.17, 15) is 0 Å². The van der Waals surface area contributed by atoms with Gasteiger partial charge in [-0.15, -0.1) is 0 Å². The Bertz CT molecular complexity index is 1340. The van der Waals surface area contributed by atoms with E-state index in [0.29, 0.717) is 12.5 Å². The van der Waals surface area contributed by atoms with Crippen molar-refractivity contribution in [3.63, 3.8) is 0 Å². The molecular weight excluding hydrogens is 396 g/mol. The summed E-state index contributed by atoms with van der Waals surface area (Å²) < 4.78 is 5.73. The largest absolute Gasteiger partial charge is 0.460 e. The number of aromatic nitrogens is 3. The van der Waals surface area contributed by atoms with Gasteiger partial charge in [0, 0.05) is 30.6 Å². The first-order chi connectivity index (χ1) is 15.7. The third-order valence-electron chi connectivity index (χ3n) is 5.50. The molecule has 0 atom stereocenters. The molecule has 0 aliphatic heterocycles. The predicted molar refractivity (Wildman–Crippen MR) is 128 cm³/mol. The highest BCUT2D eigenvalue weighted by molar-refractivity contribution is 5.89. The molecule has 0 spiro atoms. The van der Waals surface area contributed by atoms with E-state index >= 15 is 0 Å². The van der Waals surface area contributed by atoms with E-state index in [1.54, 1.807) is 12.5 Å². The van der Waals surface area contributed by atoms with Gasteiger partial charge in [-0.25, -0.2) is 4.98 Å². The van der Waals surface area contributed by atoms with Crippen molar-refractivity contribution in [2.45, 2.75) is 26.3 Å². The molecule has 0 aliphatic carbocycles. The summed E-state index contributed by atoms with van der Waals surface area (Å²) in [6.45, 7) is 5.03. The maximum Gasteiger partial charge on any atom is 0.175 e. The third-order valence-corrected chi connectivity index (χ3v) is 5.50. The molecule has 5 aromatic rings. The highest BCUT2D eigenvalue weighted by Gasteiger charge is 2.14. The number of anilines is 1. The van der Waals surface area contributed by atoms with E-state index in [2.05, 4.69) is 65.5 Å². The molecule has 4 heterocycles. The van der Waals surface area contributed by atoms with Crippen LogP contribution in [0, 0.1) is 0 Å². The van der Waals surface area contributed by atoms with E-state index in [4.69, 9.17) is 9.40 Å². The van der Waals surface area contributed by atoms with Gasteiger partial charge in [0.05, 0.1) is 29.0 Å². The molecular formula is C27H24N4O. The number of nitrogens with zero attached hydrogens (tertiary/aromatic N) is 3. The molecule has 0 aliphatic rings. The van der Waals surface area contributed by atoms with Crippen molar-refractivity contribution in [3.05, 3.63) is 96.5 Å². The first-order valence-corrected chi connectivity index (χ1v) is 10.8. The van der Waals surface area contributed by atoms with E-state index < -0.39 is 0 Å². The number of nitrogens with one attached hydrogen (secondary N) is 1. The lowest BCUT2D eigenvalue weighted by Crippen LogP contribution is -2.02. The van der Waals surface area contributed by atoms with Crippen LogP contribution in [-0.4, -0.2) is 15.0 Å². The lowest BCUT2D eigenvalue weighted by molar-refractivity contribution is 0.616. The summed E-state index contributed by atoms with van der Waals surface area (Å²) in [5.74, 6) is 0.410. The quantitative estimate of drug-likeness (QED) is 0.332. The van der Waals surface area contributed by atoms with Gasteiger partial charge in [0.2, 0.25) is 0 Å². The van der Waals surface area contributed by atoms with Crippen LogP contribution in [-0.2, 0) is 6.54 Å². The Labute approximate surface area is 187 Å². The maximum atomic E-state index is 5.73. The number of rotatable bonds is 6. The average Bonchev–Trinajstić information content (AvgIpc) is 3.32. The van der Waals surface area contributed by atoms with Gasteiger partial charge in [-0.1, -0.05) is 50.2 Å². The van der Waals surface area contributed by atoms with E-state index in [1.165, 1.54) is 5.56 Å². The minimum Gasteiger partial charge on any atom is -0.460 e. The van der Waals surface area contributed by atoms with Gasteiger partial charge in [0.25, 0.3) is 0 Å². The van der Waals surface area contributed by atoms with Crippen LogP contribution in [0.2, 0.25) is 0 Å². The minimum absolute atomic E-state index is 0.410. The van der Waals surface area contributed by atoms with Gasteiger partial charge < -0.3 is 9.73 Å². The Morgan fingerprint density at radius 3 is 2.50 bits per heavy atom. The van der Waals surface area contributed by atoms with E-state index in [1.807, 2.05) is 36.5 Å². The van der Waals surface area contributed by atoms with Crippen molar-refractivity contribution in [2.75, 3.05) is 5.32 Å². The van der Waals surface area contributed by atoms with Crippen molar-refractivity contribution in [1.82, 2.24) is 15.0 Å². The number of pyridine rings is 3. The number of fused-ring (bicyclic) bond motifs is 1. The summed E-state index contributed by atoms with van der Waals surface area (Å²) in [6.07, 6.45) is 5.34. The summed E-state index contributed by atoms with van der Waals surface area (Å²) in [6, 6.07) is 22.3. The Morgan fingerprint density at radius 2 is 1.72 bits per heavy atom. The smallest absolute Gasteiger partial charge is 0.175 e. The molecule has 0 fully saturated rings. The van der Waals surface area contributed by atoms with Gasteiger partial charge in [0.1, 0.15) is 5.52 Å². The second-order valence-electron chi connectivity index (χ2n) is 8.05. The second-order valence-corrected chi connectivity index (χ2v) is 8.05. The fourth-order valence-corrected chi connectivity index (χ4v) is 3.85. The topological polar surface area (TPSA) is 63.8 Å². The number of benzene rings is 1. The van der Waals surface area contributed by atoms with Crippen molar-refractivity contribution >= 4 is 16.8 Å². The Balaban J connectivity index is 1.43. The lowest BCUT2D eigenvalue weighted by atomic mass is 9.95. The van der Waals surface area contributed by atoms with E-state index in [-0.39, 0.29) is 0 Å². The molecule has 0 radical (unpaired) electrons. The fraction of sp³-hybridized carbons (Fsp3) is 0.148. The standard InChI is InChI=1S/C27H24N4O/c1-18(2)20-7-3-4-8-21(20)25-15-26(27-24(31-25)12-14-32-27)30-17-19-10-11-23(29-16-19)22-9-5-6-13-28-22/h3-16,18H,17H2,1-2H3,(H,30,31). The highest BCUT2D eigenvalue weighted by Crippen LogP contribution is 2.33.